The van der Waals surface area contributed by atoms with Crippen LogP contribution in [0, 0.1) is 0 Å². The molecular formula is C23H29ClF3N3O7S. The molecule has 1 amide bonds. The van der Waals surface area contributed by atoms with E-state index in [4.69, 9.17) is 25.8 Å². The minimum Gasteiger partial charge on any atom is -0.491 e. The van der Waals surface area contributed by atoms with Gasteiger partial charge in [-0.15, -0.1) is 0 Å². The predicted molar refractivity (Wildman–Crippen MR) is 133 cm³/mol. The molecule has 0 saturated heterocycles. The van der Waals surface area contributed by atoms with E-state index in [0.29, 0.717) is 25.1 Å². The van der Waals surface area contributed by atoms with Crippen molar-refractivity contribution in [3.8, 4) is 17.4 Å². The normalized spacial score (nSPS) is 12.0. The van der Waals surface area contributed by atoms with Gasteiger partial charge in [0.15, 0.2) is 0 Å². The van der Waals surface area contributed by atoms with Crippen molar-refractivity contribution in [2.75, 3.05) is 33.4 Å². The number of halogens is 4. The van der Waals surface area contributed by atoms with Crippen molar-refractivity contribution in [3.05, 3.63) is 46.6 Å². The maximum absolute atomic E-state index is 13.2. The molecule has 0 bridgehead atoms. The molecule has 1 N–H and O–H groups in total. The SMILES string of the molecule is CCCN(CCC)S(=O)(=O)N(Cc1ccc(OCCOC)cc1Oc1ncc(C(F)(F)F)cc1Cl)C(=O)O. The first-order valence-electron chi connectivity index (χ1n) is 11.5. The van der Waals surface area contributed by atoms with Crippen LogP contribution in [0.3, 0.4) is 0 Å². The number of aromatic nitrogens is 1. The molecule has 0 aliphatic heterocycles. The van der Waals surface area contributed by atoms with E-state index in [1.165, 1.54) is 25.3 Å². The van der Waals surface area contributed by atoms with Crippen molar-refractivity contribution in [1.29, 1.82) is 0 Å². The first-order valence-corrected chi connectivity index (χ1v) is 13.3. The number of hydrogen-bond donors (Lipinski definition) is 1. The summed E-state index contributed by atoms with van der Waals surface area (Å²) in [6.07, 6.45) is -4.95. The summed E-state index contributed by atoms with van der Waals surface area (Å²) in [5.41, 5.74) is -1.03. The smallest absolute Gasteiger partial charge is 0.422 e. The van der Waals surface area contributed by atoms with E-state index in [0.717, 1.165) is 4.31 Å². The average Bonchev–Trinajstić information content (AvgIpc) is 2.83. The monoisotopic (exact) mass is 583 g/mol. The van der Waals surface area contributed by atoms with E-state index in [1.807, 2.05) is 0 Å². The second-order valence-electron chi connectivity index (χ2n) is 7.92. The number of benzene rings is 1. The molecule has 212 valence electrons. The van der Waals surface area contributed by atoms with Gasteiger partial charge in [-0.1, -0.05) is 25.4 Å². The molecule has 0 saturated carbocycles. The minimum absolute atomic E-state index is 0.0702. The Morgan fingerprint density at radius 3 is 2.32 bits per heavy atom. The summed E-state index contributed by atoms with van der Waals surface area (Å²) in [5.74, 6) is -0.279. The average molecular weight is 584 g/mol. The molecule has 0 unspecified atom stereocenters. The summed E-state index contributed by atoms with van der Waals surface area (Å²) in [4.78, 5) is 15.7. The molecule has 0 radical (unpaired) electrons. The lowest BCUT2D eigenvalue weighted by molar-refractivity contribution is -0.137. The lowest BCUT2D eigenvalue weighted by Crippen LogP contribution is -2.46. The summed E-state index contributed by atoms with van der Waals surface area (Å²) in [7, 11) is -2.96. The zero-order valence-electron chi connectivity index (χ0n) is 21.0. The Labute approximate surface area is 224 Å². The van der Waals surface area contributed by atoms with Crippen molar-refractivity contribution < 1.29 is 45.7 Å². The Morgan fingerprint density at radius 1 is 1.13 bits per heavy atom. The highest BCUT2D eigenvalue weighted by molar-refractivity contribution is 7.87. The Balaban J connectivity index is 2.51. The number of methoxy groups -OCH3 is 1. The molecule has 10 nitrogen and oxygen atoms in total. The van der Waals surface area contributed by atoms with E-state index >= 15 is 0 Å². The van der Waals surface area contributed by atoms with Gasteiger partial charge in [-0.2, -0.15) is 30.2 Å². The first-order chi connectivity index (χ1) is 17.8. The van der Waals surface area contributed by atoms with Crippen LogP contribution in [0.15, 0.2) is 30.5 Å². The van der Waals surface area contributed by atoms with E-state index in [9.17, 15) is 31.5 Å². The van der Waals surface area contributed by atoms with Crippen molar-refractivity contribution in [1.82, 2.24) is 13.6 Å². The summed E-state index contributed by atoms with van der Waals surface area (Å²) in [6, 6.07) is 4.79. The van der Waals surface area contributed by atoms with Gasteiger partial charge in [0.05, 0.1) is 18.7 Å². The highest BCUT2D eigenvalue weighted by Gasteiger charge is 2.34. The number of amides is 1. The Morgan fingerprint density at radius 2 is 1.79 bits per heavy atom. The maximum Gasteiger partial charge on any atom is 0.422 e. The van der Waals surface area contributed by atoms with E-state index in [2.05, 4.69) is 4.98 Å². The standard InChI is InChI=1S/C23H29ClF3N3O7S/c1-4-8-29(9-5-2)38(33,34)30(22(31)32)15-16-6-7-18(36-11-10-35-3)13-20(16)37-21-19(24)12-17(14-28-21)23(25,26)27/h6-7,12-14H,4-5,8-11,15H2,1-3H3,(H,31,32). The molecule has 2 aromatic rings. The Hall–Kier alpha value is -2.81. The number of pyridine rings is 1. The highest BCUT2D eigenvalue weighted by Crippen LogP contribution is 2.37. The summed E-state index contributed by atoms with van der Waals surface area (Å²) < 4.78 is 82.9. The molecule has 0 aliphatic rings. The third-order valence-electron chi connectivity index (χ3n) is 5.01. The Kier molecular flexibility index (Phi) is 11.4. The third kappa shape index (κ3) is 8.35. The molecule has 0 spiro atoms. The molecule has 1 aromatic carbocycles. The summed E-state index contributed by atoms with van der Waals surface area (Å²) in [6.45, 7) is 3.48. The fourth-order valence-corrected chi connectivity index (χ4v) is 5.05. The fraction of sp³-hybridized carbons (Fsp3) is 0.478. The van der Waals surface area contributed by atoms with Crippen LogP contribution in [0.4, 0.5) is 18.0 Å². The van der Waals surface area contributed by atoms with Crippen LogP contribution in [0.5, 0.6) is 17.4 Å². The highest BCUT2D eigenvalue weighted by atomic mass is 35.5. The van der Waals surface area contributed by atoms with E-state index in [1.54, 1.807) is 13.8 Å². The Bertz CT molecular complexity index is 1190. The van der Waals surface area contributed by atoms with Gasteiger partial charge in [-0.25, -0.2) is 9.78 Å². The topological polar surface area (TPSA) is 119 Å². The quantitative estimate of drug-likeness (QED) is 0.293. The van der Waals surface area contributed by atoms with Gasteiger partial charge in [-0.05, 0) is 31.0 Å². The van der Waals surface area contributed by atoms with Crippen LogP contribution in [0.25, 0.3) is 0 Å². The number of carboxylic acid groups (broad SMARTS) is 1. The van der Waals surface area contributed by atoms with Crippen LogP contribution in [0.1, 0.15) is 37.8 Å². The van der Waals surface area contributed by atoms with E-state index in [-0.39, 0.29) is 47.7 Å². The van der Waals surface area contributed by atoms with Gasteiger partial charge < -0.3 is 19.3 Å². The minimum atomic E-state index is -4.69. The second-order valence-corrected chi connectivity index (χ2v) is 10.2. The van der Waals surface area contributed by atoms with Crippen molar-refractivity contribution in [2.45, 2.75) is 39.4 Å². The molecule has 1 heterocycles. The van der Waals surface area contributed by atoms with Gasteiger partial charge in [0.1, 0.15) is 23.1 Å². The molecule has 1 aromatic heterocycles. The van der Waals surface area contributed by atoms with Crippen LogP contribution in [-0.2, 0) is 27.7 Å². The second kappa shape index (κ2) is 13.8. The van der Waals surface area contributed by atoms with Crippen LogP contribution < -0.4 is 9.47 Å². The van der Waals surface area contributed by atoms with Gasteiger partial charge >= 0.3 is 22.5 Å². The third-order valence-corrected chi connectivity index (χ3v) is 7.15. The van der Waals surface area contributed by atoms with Crippen LogP contribution in [-0.4, -0.2) is 66.6 Å². The van der Waals surface area contributed by atoms with Gasteiger partial charge in [-0.3, -0.25) is 0 Å². The van der Waals surface area contributed by atoms with E-state index < -0.39 is 45.5 Å². The van der Waals surface area contributed by atoms with Gasteiger partial charge in [0.2, 0.25) is 5.88 Å². The lowest BCUT2D eigenvalue weighted by Gasteiger charge is -2.28. The number of alkyl halides is 3. The molecule has 15 heteroatoms. The zero-order valence-corrected chi connectivity index (χ0v) is 22.6. The largest absolute Gasteiger partial charge is 0.491 e. The predicted octanol–water partition coefficient (Wildman–Crippen LogP) is 5.42. The van der Waals surface area contributed by atoms with Crippen molar-refractivity contribution in [3.63, 3.8) is 0 Å². The molecule has 38 heavy (non-hydrogen) atoms. The summed E-state index contributed by atoms with van der Waals surface area (Å²) >= 11 is 5.98. The zero-order chi connectivity index (χ0) is 28.5. The number of carbonyl (C=O) groups is 1. The lowest BCUT2D eigenvalue weighted by atomic mass is 10.2. The van der Waals surface area contributed by atoms with Crippen molar-refractivity contribution in [2.24, 2.45) is 0 Å². The number of hydrogen-bond acceptors (Lipinski definition) is 7. The fourth-order valence-electron chi connectivity index (χ4n) is 3.24. The molecule has 0 fully saturated rings. The van der Waals surface area contributed by atoms with Crippen LogP contribution in [0.2, 0.25) is 5.02 Å². The van der Waals surface area contributed by atoms with Crippen molar-refractivity contribution >= 4 is 27.9 Å². The molecule has 0 aliphatic carbocycles. The molecule has 2 rings (SSSR count). The number of ether oxygens (including phenoxy) is 3. The van der Waals surface area contributed by atoms with Gasteiger partial charge in [0.25, 0.3) is 0 Å². The van der Waals surface area contributed by atoms with Crippen LogP contribution >= 0.6 is 11.6 Å². The summed E-state index contributed by atoms with van der Waals surface area (Å²) in [5, 5.41) is 9.32. The first kappa shape index (κ1) is 31.4. The molecule has 0 atom stereocenters. The number of rotatable bonds is 14. The molecular weight excluding hydrogens is 555 g/mol. The maximum atomic E-state index is 13.2. The number of nitrogens with zero attached hydrogens (tertiary/aromatic N) is 3. The van der Waals surface area contributed by atoms with Gasteiger partial charge in [0, 0.05) is 38.0 Å².